The standard InChI is InChI=1S/C22H26N4O3S/c1-5-26(22(27)18-9-11-21(24-23-18)25(2)3)14-16-8-10-19(20(13-16)28-4)29-15-17-7-6-12-30-17/h6-13H,5,14-15H2,1-4H3. The van der Waals surface area contributed by atoms with E-state index in [4.69, 9.17) is 9.47 Å². The minimum atomic E-state index is -0.160. The number of nitrogens with zero attached hydrogens (tertiary/aromatic N) is 4. The molecule has 0 fully saturated rings. The van der Waals surface area contributed by atoms with Crippen LogP contribution in [0.3, 0.4) is 0 Å². The normalized spacial score (nSPS) is 10.5. The summed E-state index contributed by atoms with van der Waals surface area (Å²) in [5, 5.41) is 10.2. The Balaban J connectivity index is 1.70. The van der Waals surface area contributed by atoms with Crippen LogP contribution in [0.15, 0.2) is 47.8 Å². The lowest BCUT2D eigenvalue weighted by atomic mass is 10.1. The third-order valence-corrected chi connectivity index (χ3v) is 5.40. The van der Waals surface area contributed by atoms with Crippen molar-refractivity contribution < 1.29 is 14.3 Å². The molecule has 3 rings (SSSR count). The number of rotatable bonds is 9. The summed E-state index contributed by atoms with van der Waals surface area (Å²) in [6, 6.07) is 13.3. The van der Waals surface area contributed by atoms with E-state index in [1.165, 1.54) is 0 Å². The Morgan fingerprint density at radius 2 is 1.93 bits per heavy atom. The number of benzene rings is 1. The number of methoxy groups -OCH3 is 1. The first kappa shape index (κ1) is 21.6. The summed E-state index contributed by atoms with van der Waals surface area (Å²) in [5.74, 6) is 1.86. The Bertz CT molecular complexity index is 959. The van der Waals surface area contributed by atoms with E-state index in [-0.39, 0.29) is 5.91 Å². The predicted octanol–water partition coefficient (Wildman–Crippen LogP) is 3.85. The lowest BCUT2D eigenvalue weighted by molar-refractivity contribution is 0.0745. The molecule has 0 spiro atoms. The van der Waals surface area contributed by atoms with Crippen molar-refractivity contribution in [1.29, 1.82) is 0 Å². The highest BCUT2D eigenvalue weighted by atomic mass is 32.1. The van der Waals surface area contributed by atoms with Crippen LogP contribution in [0, 0.1) is 0 Å². The van der Waals surface area contributed by atoms with Crippen molar-refractivity contribution >= 4 is 23.1 Å². The fourth-order valence-electron chi connectivity index (χ4n) is 2.86. The highest BCUT2D eigenvalue weighted by molar-refractivity contribution is 7.09. The smallest absolute Gasteiger partial charge is 0.274 e. The Labute approximate surface area is 180 Å². The van der Waals surface area contributed by atoms with Crippen molar-refractivity contribution in [2.75, 3.05) is 32.6 Å². The van der Waals surface area contributed by atoms with Crippen LogP contribution in [-0.2, 0) is 13.2 Å². The molecule has 158 valence electrons. The van der Waals surface area contributed by atoms with Gasteiger partial charge in [-0.2, -0.15) is 0 Å². The quantitative estimate of drug-likeness (QED) is 0.518. The molecule has 3 aromatic rings. The van der Waals surface area contributed by atoms with E-state index in [0.717, 1.165) is 10.4 Å². The molecule has 0 bridgehead atoms. The van der Waals surface area contributed by atoms with E-state index in [9.17, 15) is 4.79 Å². The highest BCUT2D eigenvalue weighted by Gasteiger charge is 2.18. The number of thiophene rings is 1. The predicted molar refractivity (Wildman–Crippen MR) is 118 cm³/mol. The van der Waals surface area contributed by atoms with Crippen molar-refractivity contribution in [2.45, 2.75) is 20.1 Å². The fraction of sp³-hybridized carbons (Fsp3) is 0.318. The second kappa shape index (κ2) is 10.1. The molecular weight excluding hydrogens is 400 g/mol. The lowest BCUT2D eigenvalue weighted by Gasteiger charge is -2.21. The van der Waals surface area contributed by atoms with Crippen LogP contribution in [0.5, 0.6) is 11.5 Å². The van der Waals surface area contributed by atoms with Crippen LogP contribution < -0.4 is 14.4 Å². The molecule has 0 saturated heterocycles. The zero-order chi connectivity index (χ0) is 21.5. The van der Waals surface area contributed by atoms with Gasteiger partial charge in [-0.25, -0.2) is 0 Å². The van der Waals surface area contributed by atoms with Crippen molar-refractivity contribution in [3.63, 3.8) is 0 Å². The van der Waals surface area contributed by atoms with Crippen molar-refractivity contribution in [3.05, 3.63) is 64.0 Å². The summed E-state index contributed by atoms with van der Waals surface area (Å²) in [5.41, 5.74) is 1.27. The Morgan fingerprint density at radius 3 is 2.53 bits per heavy atom. The van der Waals surface area contributed by atoms with Crippen LogP contribution in [0.2, 0.25) is 0 Å². The zero-order valence-electron chi connectivity index (χ0n) is 17.7. The summed E-state index contributed by atoms with van der Waals surface area (Å²) in [7, 11) is 5.37. The van der Waals surface area contributed by atoms with Gasteiger partial charge in [-0.05, 0) is 48.2 Å². The zero-order valence-corrected chi connectivity index (χ0v) is 18.5. The van der Waals surface area contributed by atoms with Crippen molar-refractivity contribution in [1.82, 2.24) is 15.1 Å². The van der Waals surface area contributed by atoms with Crippen molar-refractivity contribution in [2.24, 2.45) is 0 Å². The molecule has 8 heteroatoms. The molecule has 30 heavy (non-hydrogen) atoms. The lowest BCUT2D eigenvalue weighted by Crippen LogP contribution is -2.31. The molecule has 0 saturated carbocycles. The maximum Gasteiger partial charge on any atom is 0.274 e. The molecule has 2 heterocycles. The summed E-state index contributed by atoms with van der Waals surface area (Å²) in [4.78, 5) is 17.6. The third-order valence-electron chi connectivity index (χ3n) is 4.55. The number of hydrogen-bond acceptors (Lipinski definition) is 7. The van der Waals surface area contributed by atoms with Crippen LogP contribution >= 0.6 is 11.3 Å². The van der Waals surface area contributed by atoms with Gasteiger partial charge in [0.1, 0.15) is 6.61 Å². The van der Waals surface area contributed by atoms with E-state index in [1.807, 2.05) is 61.6 Å². The molecule has 0 N–H and O–H groups in total. The molecule has 0 atom stereocenters. The first-order valence-corrected chi connectivity index (χ1v) is 10.5. The van der Waals surface area contributed by atoms with Gasteiger partial charge < -0.3 is 19.3 Å². The van der Waals surface area contributed by atoms with Gasteiger partial charge in [0.25, 0.3) is 5.91 Å². The van der Waals surface area contributed by atoms with E-state index in [2.05, 4.69) is 10.2 Å². The van der Waals surface area contributed by atoms with Gasteiger partial charge in [-0.15, -0.1) is 21.5 Å². The van der Waals surface area contributed by atoms with E-state index < -0.39 is 0 Å². The minimum absolute atomic E-state index is 0.160. The maximum atomic E-state index is 12.9. The van der Waals surface area contributed by atoms with Crippen LogP contribution in [0.1, 0.15) is 27.9 Å². The van der Waals surface area contributed by atoms with Crippen LogP contribution in [-0.4, -0.2) is 48.8 Å². The second-order valence-corrected chi connectivity index (χ2v) is 7.88. The first-order valence-electron chi connectivity index (χ1n) is 9.64. The average Bonchev–Trinajstić information content (AvgIpc) is 3.29. The summed E-state index contributed by atoms with van der Waals surface area (Å²) in [6.07, 6.45) is 0. The van der Waals surface area contributed by atoms with Gasteiger partial charge in [0.05, 0.1) is 7.11 Å². The molecule has 0 aliphatic carbocycles. The summed E-state index contributed by atoms with van der Waals surface area (Å²) < 4.78 is 11.4. The number of anilines is 1. The highest BCUT2D eigenvalue weighted by Crippen LogP contribution is 2.30. The van der Waals surface area contributed by atoms with Gasteiger partial charge in [0.15, 0.2) is 23.0 Å². The van der Waals surface area contributed by atoms with Gasteiger partial charge in [-0.1, -0.05) is 12.1 Å². The molecule has 1 amide bonds. The monoisotopic (exact) mass is 426 g/mol. The Kier molecular flexibility index (Phi) is 7.24. The Morgan fingerprint density at radius 1 is 1.10 bits per heavy atom. The van der Waals surface area contributed by atoms with Crippen LogP contribution in [0.25, 0.3) is 0 Å². The summed E-state index contributed by atoms with van der Waals surface area (Å²) in [6.45, 7) is 3.42. The topological polar surface area (TPSA) is 67.8 Å². The third kappa shape index (κ3) is 5.27. The molecule has 2 aromatic heterocycles. The Hall–Kier alpha value is -3.13. The number of aromatic nitrogens is 2. The van der Waals surface area contributed by atoms with Gasteiger partial charge in [0, 0.05) is 32.1 Å². The average molecular weight is 427 g/mol. The van der Waals surface area contributed by atoms with E-state index in [0.29, 0.717) is 42.7 Å². The van der Waals surface area contributed by atoms with E-state index in [1.54, 1.807) is 35.5 Å². The second-order valence-electron chi connectivity index (χ2n) is 6.84. The van der Waals surface area contributed by atoms with Gasteiger partial charge in [0.2, 0.25) is 0 Å². The summed E-state index contributed by atoms with van der Waals surface area (Å²) >= 11 is 1.65. The van der Waals surface area contributed by atoms with E-state index >= 15 is 0 Å². The molecule has 0 aliphatic rings. The molecule has 1 aromatic carbocycles. The fourth-order valence-corrected chi connectivity index (χ4v) is 3.48. The molecule has 0 aliphatic heterocycles. The first-order chi connectivity index (χ1) is 14.5. The van der Waals surface area contributed by atoms with Gasteiger partial charge >= 0.3 is 0 Å². The SMILES string of the molecule is CCN(Cc1ccc(OCc2cccs2)c(OC)c1)C(=O)c1ccc(N(C)C)nn1. The number of amides is 1. The van der Waals surface area contributed by atoms with Crippen molar-refractivity contribution in [3.8, 4) is 11.5 Å². The number of hydrogen-bond donors (Lipinski definition) is 0. The minimum Gasteiger partial charge on any atom is -0.493 e. The number of carbonyl (C=O) groups is 1. The van der Waals surface area contributed by atoms with Gasteiger partial charge in [-0.3, -0.25) is 4.79 Å². The van der Waals surface area contributed by atoms with Crippen LogP contribution in [0.4, 0.5) is 5.82 Å². The molecule has 0 radical (unpaired) electrons. The number of carbonyl (C=O) groups excluding carboxylic acids is 1. The molecule has 7 nitrogen and oxygen atoms in total. The maximum absolute atomic E-state index is 12.9. The molecule has 0 unspecified atom stereocenters. The largest absolute Gasteiger partial charge is 0.493 e. The molecular formula is C22H26N4O3S. The number of ether oxygens (including phenoxy) is 2.